The fourth-order valence-electron chi connectivity index (χ4n) is 4.03. The van der Waals surface area contributed by atoms with E-state index in [4.69, 9.17) is 4.74 Å². The molecule has 0 aromatic heterocycles. The number of benzene rings is 1. The van der Waals surface area contributed by atoms with Gasteiger partial charge in [-0.3, -0.25) is 4.90 Å². The highest BCUT2D eigenvalue weighted by atomic mass is 16.5. The molecule has 0 bridgehead atoms. The number of hydrogen-bond donors (Lipinski definition) is 1. The van der Waals surface area contributed by atoms with E-state index in [0.29, 0.717) is 24.0 Å². The van der Waals surface area contributed by atoms with E-state index in [1.807, 2.05) is 0 Å². The van der Waals surface area contributed by atoms with Crippen molar-refractivity contribution in [1.82, 2.24) is 10.2 Å². The van der Waals surface area contributed by atoms with Crippen molar-refractivity contribution in [2.24, 2.45) is 11.8 Å². The normalized spacial score (nSPS) is 33.0. The van der Waals surface area contributed by atoms with Gasteiger partial charge in [-0.25, -0.2) is 0 Å². The van der Waals surface area contributed by atoms with Crippen molar-refractivity contribution in [3.05, 3.63) is 29.8 Å². The van der Waals surface area contributed by atoms with Gasteiger partial charge in [-0.2, -0.15) is 0 Å². The van der Waals surface area contributed by atoms with Gasteiger partial charge in [0.2, 0.25) is 0 Å². The van der Waals surface area contributed by atoms with E-state index >= 15 is 0 Å². The molecule has 2 fully saturated rings. The summed E-state index contributed by atoms with van der Waals surface area (Å²) in [5.74, 6) is 2.68. The van der Waals surface area contributed by atoms with E-state index < -0.39 is 0 Å². The second-order valence-corrected chi connectivity index (χ2v) is 7.22. The molecule has 3 heteroatoms. The molecule has 3 atom stereocenters. The van der Waals surface area contributed by atoms with Crippen LogP contribution < -0.4 is 10.1 Å². The molecule has 1 aromatic rings. The second kappa shape index (κ2) is 5.29. The van der Waals surface area contributed by atoms with Crippen molar-refractivity contribution in [1.29, 1.82) is 0 Å². The summed E-state index contributed by atoms with van der Waals surface area (Å²) in [7, 11) is 0. The summed E-state index contributed by atoms with van der Waals surface area (Å²) in [6.07, 6.45) is 2.82. The lowest BCUT2D eigenvalue weighted by Crippen LogP contribution is -2.59. The second-order valence-electron chi connectivity index (χ2n) is 7.22. The van der Waals surface area contributed by atoms with Gasteiger partial charge in [0, 0.05) is 30.7 Å². The van der Waals surface area contributed by atoms with Gasteiger partial charge in [0.15, 0.2) is 0 Å². The van der Waals surface area contributed by atoms with E-state index in [9.17, 15) is 0 Å². The van der Waals surface area contributed by atoms with Crippen molar-refractivity contribution in [3.8, 4) is 5.75 Å². The van der Waals surface area contributed by atoms with Crippen molar-refractivity contribution < 1.29 is 4.74 Å². The summed E-state index contributed by atoms with van der Waals surface area (Å²) in [6, 6.07) is 10.3. The molecule has 0 radical (unpaired) electrons. The molecule has 3 aliphatic rings. The van der Waals surface area contributed by atoms with Gasteiger partial charge in [-0.05, 0) is 30.7 Å². The molecule has 2 heterocycles. The molecule has 0 amide bonds. The minimum Gasteiger partial charge on any atom is -0.491 e. The maximum Gasteiger partial charge on any atom is 0.124 e. The van der Waals surface area contributed by atoms with Crippen molar-refractivity contribution in [2.75, 3.05) is 19.7 Å². The summed E-state index contributed by atoms with van der Waals surface area (Å²) in [5, 5.41) is 3.81. The SMILES string of the molecule is CC(C)C1CNC(C2CC2)CN1C1COc2ccccc21. The number of rotatable bonds is 3. The Morgan fingerprint density at radius 1 is 1.24 bits per heavy atom. The van der Waals surface area contributed by atoms with Crippen molar-refractivity contribution in [2.45, 2.75) is 44.8 Å². The number of piperazine rings is 1. The van der Waals surface area contributed by atoms with Gasteiger partial charge in [-0.15, -0.1) is 0 Å². The quantitative estimate of drug-likeness (QED) is 0.925. The van der Waals surface area contributed by atoms with Crippen LogP contribution in [0.2, 0.25) is 0 Å². The van der Waals surface area contributed by atoms with Crippen LogP contribution in [0.3, 0.4) is 0 Å². The topological polar surface area (TPSA) is 24.5 Å². The predicted octanol–water partition coefficient (Wildman–Crippen LogP) is 2.83. The van der Waals surface area contributed by atoms with E-state index in [1.54, 1.807) is 0 Å². The van der Waals surface area contributed by atoms with Gasteiger partial charge >= 0.3 is 0 Å². The Hall–Kier alpha value is -1.06. The predicted molar refractivity (Wildman–Crippen MR) is 84.5 cm³/mol. The minimum absolute atomic E-state index is 0.442. The van der Waals surface area contributed by atoms with Crippen LogP contribution in [0.5, 0.6) is 5.75 Å². The average Bonchev–Trinajstić information content (AvgIpc) is 3.26. The van der Waals surface area contributed by atoms with Crippen LogP contribution in [0.1, 0.15) is 38.3 Å². The zero-order valence-corrected chi connectivity index (χ0v) is 13.1. The zero-order valence-electron chi connectivity index (χ0n) is 13.1. The highest BCUT2D eigenvalue weighted by molar-refractivity contribution is 5.39. The molecule has 2 aliphatic heterocycles. The van der Waals surface area contributed by atoms with E-state index in [-0.39, 0.29) is 0 Å². The first kappa shape index (κ1) is 13.6. The molecule has 4 rings (SSSR count). The monoisotopic (exact) mass is 286 g/mol. The zero-order chi connectivity index (χ0) is 14.4. The Bertz CT molecular complexity index is 512. The first-order valence-corrected chi connectivity index (χ1v) is 8.45. The Morgan fingerprint density at radius 2 is 2.05 bits per heavy atom. The first-order chi connectivity index (χ1) is 10.2. The number of nitrogens with one attached hydrogen (secondary N) is 1. The fourth-order valence-corrected chi connectivity index (χ4v) is 4.03. The minimum atomic E-state index is 0.442. The molecule has 1 aliphatic carbocycles. The summed E-state index contributed by atoms with van der Waals surface area (Å²) < 4.78 is 5.94. The van der Waals surface area contributed by atoms with E-state index in [0.717, 1.165) is 24.8 Å². The highest BCUT2D eigenvalue weighted by Crippen LogP contribution is 2.41. The summed E-state index contributed by atoms with van der Waals surface area (Å²) in [5.41, 5.74) is 1.39. The van der Waals surface area contributed by atoms with E-state index in [2.05, 4.69) is 48.3 Å². The smallest absolute Gasteiger partial charge is 0.124 e. The molecule has 114 valence electrons. The van der Waals surface area contributed by atoms with Crippen LogP contribution in [-0.2, 0) is 0 Å². The summed E-state index contributed by atoms with van der Waals surface area (Å²) in [6.45, 7) is 7.81. The lowest BCUT2D eigenvalue weighted by molar-refractivity contribution is 0.0412. The first-order valence-electron chi connectivity index (χ1n) is 8.45. The van der Waals surface area contributed by atoms with Gasteiger partial charge in [0.05, 0.1) is 6.04 Å². The molecular formula is C18H26N2O. The standard InChI is InChI=1S/C18H26N2O/c1-12(2)16-9-19-15(13-7-8-13)10-20(16)17-11-21-18-6-4-3-5-14(17)18/h3-6,12-13,15-17,19H,7-11H2,1-2H3. The molecule has 1 N–H and O–H groups in total. The third-order valence-electron chi connectivity index (χ3n) is 5.46. The lowest BCUT2D eigenvalue weighted by Gasteiger charge is -2.45. The number of nitrogens with zero attached hydrogens (tertiary/aromatic N) is 1. The van der Waals surface area contributed by atoms with Crippen LogP contribution in [0.15, 0.2) is 24.3 Å². The Kier molecular flexibility index (Phi) is 3.43. The Labute approximate surface area is 127 Å². The maximum atomic E-state index is 5.94. The molecular weight excluding hydrogens is 260 g/mol. The fraction of sp³-hybridized carbons (Fsp3) is 0.667. The van der Waals surface area contributed by atoms with Crippen molar-refractivity contribution >= 4 is 0 Å². The highest BCUT2D eigenvalue weighted by Gasteiger charge is 2.42. The van der Waals surface area contributed by atoms with Crippen LogP contribution in [0, 0.1) is 11.8 Å². The largest absolute Gasteiger partial charge is 0.491 e. The number of fused-ring (bicyclic) bond motifs is 1. The van der Waals surface area contributed by atoms with Gasteiger partial charge in [0.1, 0.15) is 12.4 Å². The van der Waals surface area contributed by atoms with Gasteiger partial charge in [-0.1, -0.05) is 32.0 Å². The average molecular weight is 286 g/mol. The lowest BCUT2D eigenvalue weighted by atomic mass is 9.93. The number of para-hydroxylation sites is 1. The number of hydrogen-bond acceptors (Lipinski definition) is 3. The third kappa shape index (κ3) is 2.47. The van der Waals surface area contributed by atoms with Crippen LogP contribution in [0.25, 0.3) is 0 Å². The summed E-state index contributed by atoms with van der Waals surface area (Å²) >= 11 is 0. The van der Waals surface area contributed by atoms with Crippen LogP contribution >= 0.6 is 0 Å². The molecule has 0 spiro atoms. The Morgan fingerprint density at radius 3 is 2.81 bits per heavy atom. The molecule has 3 unspecified atom stereocenters. The molecule has 21 heavy (non-hydrogen) atoms. The number of ether oxygens (including phenoxy) is 1. The third-order valence-corrected chi connectivity index (χ3v) is 5.46. The van der Waals surface area contributed by atoms with Crippen LogP contribution in [0.4, 0.5) is 0 Å². The molecule has 1 saturated carbocycles. The van der Waals surface area contributed by atoms with Crippen molar-refractivity contribution in [3.63, 3.8) is 0 Å². The van der Waals surface area contributed by atoms with Gasteiger partial charge < -0.3 is 10.1 Å². The molecule has 1 saturated heterocycles. The summed E-state index contributed by atoms with van der Waals surface area (Å²) in [4.78, 5) is 2.73. The van der Waals surface area contributed by atoms with Gasteiger partial charge in [0.25, 0.3) is 0 Å². The molecule has 3 nitrogen and oxygen atoms in total. The Balaban J connectivity index is 1.60. The molecule has 1 aromatic carbocycles. The maximum absolute atomic E-state index is 5.94. The van der Waals surface area contributed by atoms with Crippen LogP contribution in [-0.4, -0.2) is 36.7 Å². The van der Waals surface area contributed by atoms with E-state index in [1.165, 1.54) is 24.9 Å².